The van der Waals surface area contributed by atoms with Gasteiger partial charge in [-0.25, -0.2) is 9.18 Å². The Morgan fingerprint density at radius 1 is 1.24 bits per heavy atom. The Balaban J connectivity index is 1.82. The molecule has 1 unspecified atom stereocenters. The second-order valence-electron chi connectivity index (χ2n) is 8.28. The molecule has 6 nitrogen and oxygen atoms in total. The van der Waals surface area contributed by atoms with Crippen molar-refractivity contribution in [3.8, 4) is 22.6 Å². The standard InChI is InChI=1S/C25H24FNO5S/c1-13(2)12-32-18-8-7-14(10-19(18)31-3)17-11-20(28)27-22-21(15-5-4-6-16(26)9-15)24(25(29)30)33-23(17)22/h4-10,13,17H,11-12H2,1-3H3,(H,27,28)(H,29,30). The lowest BCUT2D eigenvalue weighted by molar-refractivity contribution is -0.116. The molecule has 0 saturated heterocycles. The summed E-state index contributed by atoms with van der Waals surface area (Å²) >= 11 is 1.10. The van der Waals surface area contributed by atoms with Crippen LogP contribution in [0.5, 0.6) is 11.5 Å². The number of anilines is 1. The third-order valence-electron chi connectivity index (χ3n) is 5.38. The van der Waals surface area contributed by atoms with Crippen LogP contribution >= 0.6 is 11.3 Å². The van der Waals surface area contributed by atoms with E-state index in [0.717, 1.165) is 16.9 Å². The highest BCUT2D eigenvalue weighted by molar-refractivity contribution is 7.15. The van der Waals surface area contributed by atoms with Gasteiger partial charge in [0.15, 0.2) is 11.5 Å². The monoisotopic (exact) mass is 469 g/mol. The van der Waals surface area contributed by atoms with E-state index in [9.17, 15) is 19.1 Å². The minimum absolute atomic E-state index is 0.0571. The number of ether oxygens (including phenoxy) is 2. The Hall–Kier alpha value is -3.39. The second-order valence-corrected chi connectivity index (χ2v) is 9.33. The third kappa shape index (κ3) is 4.57. The number of carboxylic acid groups (broad SMARTS) is 1. The van der Waals surface area contributed by atoms with Gasteiger partial charge in [0, 0.05) is 22.8 Å². The van der Waals surface area contributed by atoms with E-state index in [2.05, 4.69) is 19.2 Å². The molecule has 0 saturated carbocycles. The molecule has 1 amide bonds. The van der Waals surface area contributed by atoms with Gasteiger partial charge < -0.3 is 19.9 Å². The molecule has 2 N–H and O–H groups in total. The summed E-state index contributed by atoms with van der Waals surface area (Å²) in [5.74, 6) is -0.720. The summed E-state index contributed by atoms with van der Waals surface area (Å²) < 4.78 is 25.3. The summed E-state index contributed by atoms with van der Waals surface area (Å²) in [4.78, 5) is 25.5. The van der Waals surface area contributed by atoms with Crippen LogP contribution in [0.3, 0.4) is 0 Å². The van der Waals surface area contributed by atoms with Crippen LogP contribution in [0.25, 0.3) is 11.1 Å². The molecule has 0 spiro atoms. The normalized spacial score (nSPS) is 15.2. The summed E-state index contributed by atoms with van der Waals surface area (Å²) in [6.45, 7) is 4.64. The van der Waals surface area contributed by atoms with Gasteiger partial charge in [0.2, 0.25) is 5.91 Å². The number of methoxy groups -OCH3 is 1. The van der Waals surface area contributed by atoms with Crippen molar-refractivity contribution in [2.24, 2.45) is 5.92 Å². The van der Waals surface area contributed by atoms with Crippen LogP contribution in [0, 0.1) is 11.7 Å². The quantitative estimate of drug-likeness (QED) is 0.459. The highest BCUT2D eigenvalue weighted by atomic mass is 32.1. The van der Waals surface area contributed by atoms with E-state index in [1.54, 1.807) is 13.2 Å². The number of aromatic carboxylic acids is 1. The first-order valence-corrected chi connectivity index (χ1v) is 11.4. The first-order chi connectivity index (χ1) is 15.8. The molecular weight excluding hydrogens is 445 g/mol. The minimum atomic E-state index is -1.13. The third-order valence-corrected chi connectivity index (χ3v) is 6.67. The van der Waals surface area contributed by atoms with Gasteiger partial charge in [-0.15, -0.1) is 11.3 Å². The first-order valence-electron chi connectivity index (χ1n) is 10.5. The fourth-order valence-electron chi connectivity index (χ4n) is 3.90. The number of benzene rings is 2. The molecule has 1 atom stereocenters. The summed E-state index contributed by atoms with van der Waals surface area (Å²) in [5, 5.41) is 12.7. The molecule has 2 heterocycles. The number of nitrogens with one attached hydrogen (secondary N) is 1. The van der Waals surface area contributed by atoms with Crippen LogP contribution < -0.4 is 14.8 Å². The number of rotatable bonds is 7. The lowest BCUT2D eigenvalue weighted by Gasteiger charge is -2.24. The first kappa shape index (κ1) is 22.8. The summed E-state index contributed by atoms with van der Waals surface area (Å²) in [5.41, 5.74) is 1.96. The molecule has 172 valence electrons. The van der Waals surface area contributed by atoms with E-state index in [0.29, 0.717) is 45.7 Å². The van der Waals surface area contributed by atoms with Gasteiger partial charge >= 0.3 is 5.97 Å². The predicted molar refractivity (Wildman–Crippen MR) is 125 cm³/mol. The SMILES string of the molecule is COc1cc(C2CC(=O)Nc3c2sc(C(=O)O)c3-c2cccc(F)c2)ccc1OCC(C)C. The van der Waals surface area contributed by atoms with E-state index in [1.807, 2.05) is 18.2 Å². The van der Waals surface area contributed by atoms with Crippen molar-refractivity contribution in [1.29, 1.82) is 0 Å². The van der Waals surface area contributed by atoms with Gasteiger partial charge in [0.1, 0.15) is 10.7 Å². The molecule has 0 aliphatic carbocycles. The maximum atomic E-state index is 13.9. The number of hydrogen-bond acceptors (Lipinski definition) is 5. The Kier molecular flexibility index (Phi) is 6.37. The van der Waals surface area contributed by atoms with Crippen LogP contribution in [-0.4, -0.2) is 30.7 Å². The highest BCUT2D eigenvalue weighted by Gasteiger charge is 2.35. The second kappa shape index (κ2) is 9.23. The van der Waals surface area contributed by atoms with Crippen molar-refractivity contribution in [2.45, 2.75) is 26.2 Å². The number of hydrogen-bond donors (Lipinski definition) is 2. The smallest absolute Gasteiger partial charge is 0.346 e. The topological polar surface area (TPSA) is 84.9 Å². The molecule has 1 aliphatic rings. The van der Waals surface area contributed by atoms with E-state index in [4.69, 9.17) is 9.47 Å². The average molecular weight is 470 g/mol. The van der Waals surface area contributed by atoms with Crippen LogP contribution in [0.4, 0.5) is 10.1 Å². The zero-order valence-electron chi connectivity index (χ0n) is 18.5. The van der Waals surface area contributed by atoms with Crippen molar-refractivity contribution >= 4 is 28.9 Å². The van der Waals surface area contributed by atoms with E-state index in [-0.39, 0.29) is 23.1 Å². The molecule has 1 aromatic heterocycles. The Morgan fingerprint density at radius 2 is 2.03 bits per heavy atom. The average Bonchev–Trinajstić information content (AvgIpc) is 3.16. The van der Waals surface area contributed by atoms with Crippen molar-refractivity contribution in [1.82, 2.24) is 0 Å². The van der Waals surface area contributed by atoms with Crippen molar-refractivity contribution in [2.75, 3.05) is 19.0 Å². The lowest BCUT2D eigenvalue weighted by Crippen LogP contribution is -2.22. The number of thiophene rings is 1. The van der Waals surface area contributed by atoms with E-state index in [1.165, 1.54) is 18.2 Å². The fourth-order valence-corrected chi connectivity index (χ4v) is 5.15. The van der Waals surface area contributed by atoms with Gasteiger partial charge in [-0.05, 0) is 41.3 Å². The number of amides is 1. The van der Waals surface area contributed by atoms with Crippen molar-refractivity contribution < 1.29 is 28.6 Å². The van der Waals surface area contributed by atoms with Crippen LogP contribution in [0.15, 0.2) is 42.5 Å². The molecule has 33 heavy (non-hydrogen) atoms. The number of carbonyl (C=O) groups is 2. The lowest BCUT2D eigenvalue weighted by atomic mass is 9.88. The highest BCUT2D eigenvalue weighted by Crippen LogP contribution is 2.50. The zero-order chi connectivity index (χ0) is 23.7. The largest absolute Gasteiger partial charge is 0.493 e. The van der Waals surface area contributed by atoms with Gasteiger partial charge in [0.05, 0.1) is 19.4 Å². The van der Waals surface area contributed by atoms with Gasteiger partial charge in [-0.1, -0.05) is 32.0 Å². The molecular formula is C25H24FNO5S. The van der Waals surface area contributed by atoms with Crippen LogP contribution in [0.2, 0.25) is 0 Å². The maximum absolute atomic E-state index is 13.9. The fraction of sp³-hybridized carbons (Fsp3) is 0.280. The predicted octanol–water partition coefficient (Wildman–Crippen LogP) is 5.77. The Morgan fingerprint density at radius 3 is 2.70 bits per heavy atom. The molecule has 0 radical (unpaired) electrons. The Bertz CT molecular complexity index is 1220. The van der Waals surface area contributed by atoms with Gasteiger partial charge in [0.25, 0.3) is 0 Å². The summed E-state index contributed by atoms with van der Waals surface area (Å²) in [6.07, 6.45) is 0.157. The number of halogens is 1. The number of carbonyl (C=O) groups excluding carboxylic acids is 1. The minimum Gasteiger partial charge on any atom is -0.493 e. The molecule has 4 rings (SSSR count). The number of fused-ring (bicyclic) bond motifs is 1. The van der Waals surface area contributed by atoms with Crippen LogP contribution in [0.1, 0.15) is 46.3 Å². The van der Waals surface area contributed by atoms with Gasteiger partial charge in [-0.2, -0.15) is 0 Å². The summed E-state index contributed by atoms with van der Waals surface area (Å²) in [7, 11) is 1.55. The molecule has 3 aromatic rings. The van der Waals surface area contributed by atoms with Gasteiger partial charge in [-0.3, -0.25) is 4.79 Å². The molecule has 0 fully saturated rings. The molecule has 0 bridgehead atoms. The summed E-state index contributed by atoms with van der Waals surface area (Å²) in [6, 6.07) is 11.2. The van der Waals surface area contributed by atoms with E-state index >= 15 is 0 Å². The van der Waals surface area contributed by atoms with Crippen molar-refractivity contribution in [3.05, 3.63) is 63.6 Å². The molecule has 1 aliphatic heterocycles. The zero-order valence-corrected chi connectivity index (χ0v) is 19.3. The maximum Gasteiger partial charge on any atom is 0.346 e. The molecule has 8 heteroatoms. The number of carboxylic acids is 1. The van der Waals surface area contributed by atoms with E-state index < -0.39 is 11.8 Å². The van der Waals surface area contributed by atoms with Crippen LogP contribution in [-0.2, 0) is 4.79 Å². The van der Waals surface area contributed by atoms with Crippen molar-refractivity contribution in [3.63, 3.8) is 0 Å². The molecule has 2 aromatic carbocycles. The Labute approximate surface area is 195 Å².